The number of carbonyl (C=O) groups is 1. The summed E-state index contributed by atoms with van der Waals surface area (Å²) in [6.07, 6.45) is 5.28. The lowest BCUT2D eigenvalue weighted by atomic mass is 9.97. The molecule has 2 saturated heterocycles. The molecule has 0 aliphatic carbocycles. The Balaban J connectivity index is 1.11. The second-order valence-corrected chi connectivity index (χ2v) is 9.49. The average Bonchev–Trinajstić information content (AvgIpc) is 3.64. The van der Waals surface area contributed by atoms with Crippen LogP contribution >= 0.6 is 0 Å². The van der Waals surface area contributed by atoms with E-state index in [1.54, 1.807) is 26.4 Å². The molecular formula is C26H33N5O6. The van der Waals surface area contributed by atoms with Crippen LogP contribution in [-0.4, -0.2) is 71.6 Å². The van der Waals surface area contributed by atoms with Gasteiger partial charge in [0.15, 0.2) is 17.3 Å². The molecule has 1 amide bonds. The number of likely N-dealkylation sites (tertiary alicyclic amines) is 1. The molecule has 11 nitrogen and oxygen atoms in total. The van der Waals surface area contributed by atoms with Crippen LogP contribution in [0.15, 0.2) is 27.2 Å². The van der Waals surface area contributed by atoms with Gasteiger partial charge in [0.1, 0.15) is 0 Å². The molecule has 0 N–H and O–H groups in total. The smallest absolute Gasteiger partial charge is 0.231 e. The van der Waals surface area contributed by atoms with Crippen LogP contribution in [0.1, 0.15) is 68.0 Å². The van der Waals surface area contributed by atoms with E-state index in [0.29, 0.717) is 60.8 Å². The monoisotopic (exact) mass is 511 g/mol. The molecule has 3 aromatic rings. The highest BCUT2D eigenvalue weighted by molar-refractivity contribution is 5.76. The summed E-state index contributed by atoms with van der Waals surface area (Å²) in [7, 11) is 3.17. The number of carbonyl (C=O) groups excluding carboxylic acids is 1. The number of hydrogen-bond donors (Lipinski definition) is 0. The number of hydrogen-bond acceptors (Lipinski definition) is 10. The first-order valence-electron chi connectivity index (χ1n) is 12.9. The number of methoxy groups -OCH3 is 2. The number of aromatic nitrogens is 4. The maximum Gasteiger partial charge on any atom is 0.231 e. The van der Waals surface area contributed by atoms with Crippen LogP contribution in [-0.2, 0) is 16.0 Å². The van der Waals surface area contributed by atoms with Crippen LogP contribution in [0.3, 0.4) is 0 Å². The van der Waals surface area contributed by atoms with Crippen molar-refractivity contribution < 1.29 is 28.1 Å². The van der Waals surface area contributed by atoms with Gasteiger partial charge in [-0.05, 0) is 50.3 Å². The average molecular weight is 512 g/mol. The van der Waals surface area contributed by atoms with Crippen molar-refractivity contribution in [1.29, 1.82) is 0 Å². The molecule has 1 atom stereocenters. The summed E-state index contributed by atoms with van der Waals surface area (Å²) in [6.45, 7) is 2.83. The summed E-state index contributed by atoms with van der Waals surface area (Å²) in [5.74, 6) is 4.11. The van der Waals surface area contributed by atoms with Crippen LogP contribution in [0.5, 0.6) is 11.5 Å². The van der Waals surface area contributed by atoms with Crippen LogP contribution < -0.4 is 9.47 Å². The quantitative estimate of drug-likeness (QED) is 0.419. The van der Waals surface area contributed by atoms with Gasteiger partial charge in [-0.1, -0.05) is 10.3 Å². The lowest BCUT2D eigenvalue weighted by molar-refractivity contribution is -0.132. The summed E-state index contributed by atoms with van der Waals surface area (Å²) in [4.78, 5) is 24.0. The van der Waals surface area contributed by atoms with E-state index in [1.807, 2.05) is 11.0 Å². The first-order chi connectivity index (χ1) is 18.1. The minimum Gasteiger partial charge on any atom is -0.493 e. The summed E-state index contributed by atoms with van der Waals surface area (Å²) < 4.78 is 27.1. The summed E-state index contributed by atoms with van der Waals surface area (Å²) >= 11 is 0. The van der Waals surface area contributed by atoms with Crippen molar-refractivity contribution in [2.75, 3.05) is 40.5 Å². The second kappa shape index (κ2) is 11.7. The molecule has 37 heavy (non-hydrogen) atoms. The fraction of sp³-hybridized carbons (Fsp3) is 0.577. The van der Waals surface area contributed by atoms with Crippen molar-refractivity contribution >= 4 is 5.91 Å². The summed E-state index contributed by atoms with van der Waals surface area (Å²) in [5, 5.41) is 8.30. The van der Waals surface area contributed by atoms with Crippen molar-refractivity contribution in [2.24, 2.45) is 0 Å². The largest absolute Gasteiger partial charge is 0.493 e. The fourth-order valence-corrected chi connectivity index (χ4v) is 4.94. The first kappa shape index (κ1) is 25.2. The van der Waals surface area contributed by atoms with Gasteiger partial charge in [0.2, 0.25) is 23.5 Å². The molecule has 198 valence electrons. The Hall–Kier alpha value is -3.47. The van der Waals surface area contributed by atoms with Crippen LogP contribution in [0.2, 0.25) is 0 Å². The fourth-order valence-electron chi connectivity index (χ4n) is 4.94. The minimum atomic E-state index is 0.0822. The number of rotatable bonds is 9. The number of piperidine rings is 1. The third-order valence-corrected chi connectivity index (χ3v) is 7.06. The highest BCUT2D eigenvalue weighted by Crippen LogP contribution is 2.32. The molecule has 2 aliphatic rings. The van der Waals surface area contributed by atoms with Gasteiger partial charge in [-0.15, -0.1) is 0 Å². The van der Waals surface area contributed by atoms with Crippen molar-refractivity contribution in [1.82, 2.24) is 25.2 Å². The number of aryl methyl sites for hydroxylation is 1. The van der Waals surface area contributed by atoms with E-state index in [4.69, 9.17) is 23.3 Å². The third-order valence-electron chi connectivity index (χ3n) is 7.06. The highest BCUT2D eigenvalue weighted by Gasteiger charge is 2.30. The molecule has 1 aromatic carbocycles. The minimum absolute atomic E-state index is 0.0822. The SMILES string of the molecule is COc1ccc(-c2noc(CCCC(=O)N3CCCC(c4nc(C5CCOCC5)no4)C3)n2)cc1OC. The van der Waals surface area contributed by atoms with E-state index < -0.39 is 0 Å². The highest BCUT2D eigenvalue weighted by atomic mass is 16.5. The molecule has 0 spiro atoms. The first-order valence-corrected chi connectivity index (χ1v) is 12.9. The van der Waals surface area contributed by atoms with E-state index in [-0.39, 0.29) is 11.8 Å². The molecule has 5 rings (SSSR count). The van der Waals surface area contributed by atoms with Crippen molar-refractivity contribution in [3.8, 4) is 22.9 Å². The Bertz CT molecular complexity index is 1190. The summed E-state index contributed by atoms with van der Waals surface area (Å²) in [5.41, 5.74) is 0.768. The molecule has 1 unspecified atom stereocenters. The zero-order chi connectivity index (χ0) is 25.6. The molecule has 0 saturated carbocycles. The molecular weight excluding hydrogens is 478 g/mol. The molecule has 2 fully saturated rings. The van der Waals surface area contributed by atoms with Gasteiger partial charge in [0.05, 0.1) is 20.1 Å². The number of amides is 1. The molecule has 0 radical (unpaired) electrons. The lowest BCUT2D eigenvalue weighted by Gasteiger charge is -2.31. The van der Waals surface area contributed by atoms with Gasteiger partial charge < -0.3 is 28.2 Å². The number of nitrogens with zero attached hydrogens (tertiary/aromatic N) is 5. The van der Waals surface area contributed by atoms with Gasteiger partial charge in [0, 0.05) is 50.6 Å². The zero-order valence-corrected chi connectivity index (χ0v) is 21.4. The van der Waals surface area contributed by atoms with Crippen molar-refractivity contribution in [3.63, 3.8) is 0 Å². The molecule has 2 aliphatic heterocycles. The standard InChI is InChI=1S/C26H33N5O6/c1-33-20-9-8-18(15-21(20)34-2)25-27-22(36-29-25)6-3-7-23(32)31-12-4-5-19(16-31)26-28-24(30-37-26)17-10-13-35-14-11-17/h8-9,15,17,19H,3-7,10-14,16H2,1-2H3. The van der Waals surface area contributed by atoms with Gasteiger partial charge in [0.25, 0.3) is 0 Å². The van der Waals surface area contributed by atoms with E-state index in [1.165, 1.54) is 0 Å². The summed E-state index contributed by atoms with van der Waals surface area (Å²) in [6, 6.07) is 5.46. The normalized spacial score (nSPS) is 18.6. The predicted octanol–water partition coefficient (Wildman–Crippen LogP) is 3.76. The van der Waals surface area contributed by atoms with Gasteiger partial charge in [-0.25, -0.2) is 0 Å². The Morgan fingerprint density at radius 2 is 1.86 bits per heavy atom. The van der Waals surface area contributed by atoms with Gasteiger partial charge in [-0.3, -0.25) is 4.79 Å². The Labute approximate surface area is 215 Å². The topological polar surface area (TPSA) is 126 Å². The second-order valence-electron chi connectivity index (χ2n) is 9.49. The van der Waals surface area contributed by atoms with Gasteiger partial charge in [-0.2, -0.15) is 9.97 Å². The maximum atomic E-state index is 12.9. The number of benzene rings is 1. The molecule has 2 aromatic heterocycles. The van der Waals surface area contributed by atoms with Crippen LogP contribution in [0.25, 0.3) is 11.4 Å². The maximum absolute atomic E-state index is 12.9. The van der Waals surface area contributed by atoms with Gasteiger partial charge >= 0.3 is 0 Å². The molecule has 0 bridgehead atoms. The zero-order valence-electron chi connectivity index (χ0n) is 21.4. The third kappa shape index (κ3) is 5.93. The van der Waals surface area contributed by atoms with E-state index >= 15 is 0 Å². The predicted molar refractivity (Wildman–Crippen MR) is 131 cm³/mol. The van der Waals surface area contributed by atoms with Crippen LogP contribution in [0, 0.1) is 0 Å². The van der Waals surface area contributed by atoms with Crippen LogP contribution in [0.4, 0.5) is 0 Å². The lowest BCUT2D eigenvalue weighted by Crippen LogP contribution is -2.39. The number of ether oxygens (including phenoxy) is 3. The van der Waals surface area contributed by atoms with Crippen molar-refractivity contribution in [3.05, 3.63) is 35.8 Å². The van der Waals surface area contributed by atoms with E-state index in [2.05, 4.69) is 20.3 Å². The Morgan fingerprint density at radius 3 is 2.68 bits per heavy atom. The Morgan fingerprint density at radius 1 is 1.03 bits per heavy atom. The van der Waals surface area contributed by atoms with E-state index in [9.17, 15) is 4.79 Å². The molecule has 11 heteroatoms. The molecule has 4 heterocycles. The van der Waals surface area contributed by atoms with Crippen molar-refractivity contribution in [2.45, 2.75) is 56.8 Å². The Kier molecular flexibility index (Phi) is 7.98. The van der Waals surface area contributed by atoms with E-state index in [0.717, 1.165) is 56.8 Å².